The summed E-state index contributed by atoms with van der Waals surface area (Å²) in [5, 5.41) is 6.00. The molecule has 3 heterocycles. The number of nitrogens with one attached hydrogen (secondary N) is 3. The summed E-state index contributed by atoms with van der Waals surface area (Å²) >= 11 is 0. The summed E-state index contributed by atoms with van der Waals surface area (Å²) in [6, 6.07) is 7.73. The Morgan fingerprint density at radius 1 is 1.31 bits per heavy atom. The highest BCUT2D eigenvalue weighted by molar-refractivity contribution is 6.05. The first-order valence-corrected chi connectivity index (χ1v) is 8.13. The third kappa shape index (κ3) is 2.95. The molecule has 1 aliphatic heterocycles. The molecule has 0 bridgehead atoms. The monoisotopic (exact) mass is 349 g/mol. The molecule has 6 nitrogen and oxygen atoms in total. The van der Waals surface area contributed by atoms with Gasteiger partial charge in [0, 0.05) is 17.5 Å². The van der Waals surface area contributed by atoms with Crippen molar-refractivity contribution in [1.82, 2.24) is 25.6 Å². The van der Waals surface area contributed by atoms with Crippen molar-refractivity contribution in [3.05, 3.63) is 71.5 Å². The van der Waals surface area contributed by atoms with Crippen molar-refractivity contribution in [2.75, 3.05) is 6.54 Å². The maximum Gasteiger partial charge on any atom is 0.257 e. The van der Waals surface area contributed by atoms with Crippen LogP contribution in [0, 0.1) is 5.82 Å². The number of amides is 1. The topological polar surface area (TPSA) is 82.7 Å². The van der Waals surface area contributed by atoms with E-state index < -0.39 is 0 Å². The van der Waals surface area contributed by atoms with Crippen LogP contribution >= 0.6 is 0 Å². The van der Waals surface area contributed by atoms with Crippen LogP contribution in [0.25, 0.3) is 22.6 Å². The standard InChI is InChI=1S/C19H16FN5O/c1-11-5-7-21-10-15(11)23-19(26)14-6-8-22-18-16(14)24-17(25-18)12-3-2-4-13(20)9-12/h2-9,21H,10H2,1H3,(H,23,26)(H,22,24,25). The number of rotatable bonds is 3. The molecule has 0 saturated heterocycles. The SMILES string of the molecule is CC1=C(NC(=O)c2ccnc3nc(-c4cccc(F)c4)[nH]c23)CNC=C1. The normalized spacial score (nSPS) is 13.8. The molecule has 130 valence electrons. The summed E-state index contributed by atoms with van der Waals surface area (Å²) in [6.07, 6.45) is 5.28. The van der Waals surface area contributed by atoms with Crippen LogP contribution in [0.4, 0.5) is 4.39 Å². The van der Waals surface area contributed by atoms with Crippen LogP contribution in [0.15, 0.2) is 60.1 Å². The predicted octanol–water partition coefficient (Wildman–Crippen LogP) is 2.88. The van der Waals surface area contributed by atoms with Gasteiger partial charge < -0.3 is 15.6 Å². The van der Waals surface area contributed by atoms with Gasteiger partial charge in [-0.15, -0.1) is 0 Å². The highest BCUT2D eigenvalue weighted by Gasteiger charge is 2.17. The third-order valence-corrected chi connectivity index (χ3v) is 4.21. The molecular weight excluding hydrogens is 333 g/mol. The van der Waals surface area contributed by atoms with E-state index >= 15 is 0 Å². The average Bonchev–Trinajstić information content (AvgIpc) is 3.08. The fraction of sp³-hybridized carbons (Fsp3) is 0.105. The number of aromatic amines is 1. The second kappa shape index (κ2) is 6.44. The third-order valence-electron chi connectivity index (χ3n) is 4.21. The Hall–Kier alpha value is -3.48. The Balaban J connectivity index is 1.72. The van der Waals surface area contributed by atoms with E-state index in [4.69, 9.17) is 0 Å². The molecule has 0 radical (unpaired) electrons. The summed E-state index contributed by atoms with van der Waals surface area (Å²) in [5.41, 5.74) is 3.75. The minimum Gasteiger partial charge on any atom is -0.385 e. The molecule has 0 spiro atoms. The molecule has 0 aliphatic carbocycles. The average molecular weight is 349 g/mol. The Labute approximate surface area is 148 Å². The number of hydrogen-bond donors (Lipinski definition) is 3. The van der Waals surface area contributed by atoms with Gasteiger partial charge in [0.05, 0.1) is 17.6 Å². The van der Waals surface area contributed by atoms with Crippen LogP contribution in [0.1, 0.15) is 17.3 Å². The van der Waals surface area contributed by atoms with Gasteiger partial charge in [0.2, 0.25) is 0 Å². The van der Waals surface area contributed by atoms with E-state index in [2.05, 4.69) is 25.6 Å². The van der Waals surface area contributed by atoms with Gasteiger partial charge in [0.1, 0.15) is 11.6 Å². The first-order valence-electron chi connectivity index (χ1n) is 8.13. The Bertz CT molecular complexity index is 1070. The molecule has 4 rings (SSSR count). The van der Waals surface area contributed by atoms with E-state index in [1.54, 1.807) is 18.2 Å². The summed E-state index contributed by atoms with van der Waals surface area (Å²) in [7, 11) is 0. The number of carbonyl (C=O) groups excluding carboxylic acids is 1. The van der Waals surface area contributed by atoms with Crippen LogP contribution in [0.2, 0.25) is 0 Å². The summed E-state index contributed by atoms with van der Waals surface area (Å²) in [5.74, 6) is -0.141. The molecule has 26 heavy (non-hydrogen) atoms. The fourth-order valence-electron chi connectivity index (χ4n) is 2.80. The van der Waals surface area contributed by atoms with Crippen molar-refractivity contribution in [1.29, 1.82) is 0 Å². The molecule has 0 fully saturated rings. The Morgan fingerprint density at radius 3 is 3.00 bits per heavy atom. The molecule has 7 heteroatoms. The molecule has 1 aromatic carbocycles. The van der Waals surface area contributed by atoms with Gasteiger partial charge in [-0.2, -0.15) is 0 Å². The summed E-state index contributed by atoms with van der Waals surface area (Å²) in [6.45, 7) is 2.49. The number of imidazole rings is 1. The molecular formula is C19H16FN5O. The lowest BCUT2D eigenvalue weighted by atomic mass is 10.1. The maximum atomic E-state index is 13.5. The largest absolute Gasteiger partial charge is 0.385 e. The lowest BCUT2D eigenvalue weighted by molar-refractivity contribution is 0.0966. The maximum absolute atomic E-state index is 13.5. The van der Waals surface area contributed by atoms with Crippen molar-refractivity contribution < 1.29 is 9.18 Å². The van der Waals surface area contributed by atoms with Crippen LogP contribution in [-0.2, 0) is 0 Å². The van der Waals surface area contributed by atoms with E-state index in [1.165, 1.54) is 18.3 Å². The van der Waals surface area contributed by atoms with Crippen molar-refractivity contribution in [2.24, 2.45) is 0 Å². The number of halogens is 1. The molecule has 0 atom stereocenters. The first kappa shape index (κ1) is 16.0. The van der Waals surface area contributed by atoms with Crippen molar-refractivity contribution in [3.8, 4) is 11.4 Å². The summed E-state index contributed by atoms with van der Waals surface area (Å²) < 4.78 is 13.5. The number of hydrogen-bond acceptors (Lipinski definition) is 4. The lowest BCUT2D eigenvalue weighted by Gasteiger charge is -2.16. The number of dihydropyridines is 1. The van der Waals surface area contributed by atoms with Gasteiger partial charge in [0.25, 0.3) is 5.91 Å². The highest BCUT2D eigenvalue weighted by atomic mass is 19.1. The van der Waals surface area contributed by atoms with E-state index in [1.807, 2.05) is 19.2 Å². The molecule has 1 amide bonds. The van der Waals surface area contributed by atoms with E-state index in [-0.39, 0.29) is 11.7 Å². The predicted molar refractivity (Wildman–Crippen MR) is 96.6 cm³/mol. The highest BCUT2D eigenvalue weighted by Crippen LogP contribution is 2.22. The van der Waals surface area contributed by atoms with Crippen LogP contribution in [0.3, 0.4) is 0 Å². The molecule has 0 saturated carbocycles. The number of nitrogens with zero attached hydrogens (tertiary/aromatic N) is 2. The van der Waals surface area contributed by atoms with E-state index in [0.29, 0.717) is 34.7 Å². The van der Waals surface area contributed by atoms with Gasteiger partial charge in [-0.25, -0.2) is 14.4 Å². The molecule has 0 unspecified atom stereocenters. The van der Waals surface area contributed by atoms with Crippen LogP contribution in [0.5, 0.6) is 0 Å². The zero-order valence-electron chi connectivity index (χ0n) is 14.0. The van der Waals surface area contributed by atoms with Gasteiger partial charge in [-0.3, -0.25) is 4.79 Å². The van der Waals surface area contributed by atoms with E-state index in [0.717, 1.165) is 11.3 Å². The van der Waals surface area contributed by atoms with Crippen LogP contribution < -0.4 is 10.6 Å². The zero-order chi connectivity index (χ0) is 18.1. The van der Waals surface area contributed by atoms with Gasteiger partial charge in [0.15, 0.2) is 5.65 Å². The number of benzene rings is 1. The first-order chi connectivity index (χ1) is 12.6. The molecule has 3 aromatic rings. The van der Waals surface area contributed by atoms with Crippen molar-refractivity contribution in [2.45, 2.75) is 6.92 Å². The Kier molecular flexibility index (Phi) is 3.96. The second-order valence-corrected chi connectivity index (χ2v) is 5.98. The molecule has 1 aliphatic rings. The number of allylic oxidation sites excluding steroid dienone is 2. The minimum atomic E-state index is -0.353. The molecule has 2 aromatic heterocycles. The van der Waals surface area contributed by atoms with Gasteiger partial charge >= 0.3 is 0 Å². The van der Waals surface area contributed by atoms with Gasteiger partial charge in [-0.05, 0) is 43.0 Å². The molecule has 3 N–H and O–H groups in total. The van der Waals surface area contributed by atoms with Crippen molar-refractivity contribution in [3.63, 3.8) is 0 Å². The second-order valence-electron chi connectivity index (χ2n) is 5.98. The quantitative estimate of drug-likeness (QED) is 0.679. The fourth-order valence-corrected chi connectivity index (χ4v) is 2.80. The number of carbonyl (C=O) groups is 1. The smallest absolute Gasteiger partial charge is 0.257 e. The number of H-pyrrole nitrogens is 1. The number of pyridine rings is 1. The lowest BCUT2D eigenvalue weighted by Crippen LogP contribution is -2.31. The zero-order valence-corrected chi connectivity index (χ0v) is 14.0. The number of fused-ring (bicyclic) bond motifs is 1. The Morgan fingerprint density at radius 2 is 2.19 bits per heavy atom. The van der Waals surface area contributed by atoms with Gasteiger partial charge in [-0.1, -0.05) is 12.1 Å². The van der Waals surface area contributed by atoms with Crippen molar-refractivity contribution >= 4 is 17.1 Å². The number of aromatic nitrogens is 3. The minimum absolute atomic E-state index is 0.252. The van der Waals surface area contributed by atoms with Crippen LogP contribution in [-0.4, -0.2) is 27.4 Å². The summed E-state index contributed by atoms with van der Waals surface area (Å²) in [4.78, 5) is 24.4. The van der Waals surface area contributed by atoms with E-state index in [9.17, 15) is 9.18 Å².